The summed E-state index contributed by atoms with van der Waals surface area (Å²) in [4.78, 5) is 35.5. The first-order chi connectivity index (χ1) is 15.9. The van der Waals surface area contributed by atoms with Crippen LogP contribution in [-0.4, -0.2) is 36.2 Å². The molecule has 4 rings (SSSR count). The molecule has 0 heterocycles. The Balaban J connectivity index is 1.27. The smallest absolute Gasteiger partial charge is 0.407 e. The lowest BCUT2D eigenvalue weighted by Gasteiger charge is -2.14. The molecular weight excluding hydrogens is 420 g/mol. The van der Waals surface area contributed by atoms with Crippen LogP contribution in [0.3, 0.4) is 0 Å². The number of carbonyl (C=O) groups is 3. The molecular formula is C26H24N2O5. The average molecular weight is 444 g/mol. The highest BCUT2D eigenvalue weighted by atomic mass is 16.5. The van der Waals surface area contributed by atoms with Crippen molar-refractivity contribution in [3.8, 4) is 11.1 Å². The summed E-state index contributed by atoms with van der Waals surface area (Å²) in [6, 6.07) is 20.7. The van der Waals surface area contributed by atoms with Crippen LogP contribution in [0.2, 0.25) is 0 Å². The van der Waals surface area contributed by atoms with E-state index in [0.29, 0.717) is 5.69 Å². The Morgan fingerprint density at radius 2 is 1.58 bits per heavy atom. The predicted octanol–water partition coefficient (Wildman–Crippen LogP) is 4.56. The molecule has 0 saturated carbocycles. The van der Waals surface area contributed by atoms with Crippen molar-refractivity contribution in [2.75, 3.05) is 18.5 Å². The molecule has 3 aromatic carbocycles. The zero-order chi connectivity index (χ0) is 23.4. The SMILES string of the molecule is Cc1ccc(C(=O)O)cc1NC(=O)CCNC(=O)OCC1c2ccccc2-c2ccccc21. The molecule has 7 heteroatoms. The highest BCUT2D eigenvalue weighted by Crippen LogP contribution is 2.44. The number of aromatic carboxylic acids is 1. The molecule has 0 atom stereocenters. The molecule has 0 unspecified atom stereocenters. The number of rotatable bonds is 7. The fourth-order valence-electron chi connectivity index (χ4n) is 4.03. The van der Waals surface area contributed by atoms with Crippen molar-refractivity contribution in [3.05, 3.63) is 89.0 Å². The minimum Gasteiger partial charge on any atom is -0.478 e. The maximum absolute atomic E-state index is 12.2. The molecule has 3 N–H and O–H groups in total. The Labute approximate surface area is 191 Å². The van der Waals surface area contributed by atoms with Gasteiger partial charge in [-0.3, -0.25) is 4.79 Å². The number of ether oxygens (including phenoxy) is 1. The predicted molar refractivity (Wildman–Crippen MR) is 124 cm³/mol. The summed E-state index contributed by atoms with van der Waals surface area (Å²) in [7, 11) is 0. The van der Waals surface area contributed by atoms with E-state index in [1.165, 1.54) is 12.1 Å². The molecule has 168 valence electrons. The van der Waals surface area contributed by atoms with Gasteiger partial charge in [0.2, 0.25) is 5.91 Å². The number of carbonyl (C=O) groups excluding carboxylic acids is 2. The van der Waals surface area contributed by atoms with Gasteiger partial charge in [0, 0.05) is 24.6 Å². The van der Waals surface area contributed by atoms with Crippen molar-refractivity contribution >= 4 is 23.7 Å². The highest BCUT2D eigenvalue weighted by Gasteiger charge is 2.28. The van der Waals surface area contributed by atoms with Gasteiger partial charge in [0.25, 0.3) is 0 Å². The Hall–Kier alpha value is -4.13. The molecule has 3 aromatic rings. The minimum atomic E-state index is -1.07. The van der Waals surface area contributed by atoms with E-state index in [4.69, 9.17) is 9.84 Å². The van der Waals surface area contributed by atoms with Gasteiger partial charge in [-0.25, -0.2) is 9.59 Å². The molecule has 0 aliphatic heterocycles. The molecule has 0 bridgehead atoms. The average Bonchev–Trinajstić information content (AvgIpc) is 3.13. The fraction of sp³-hybridized carbons (Fsp3) is 0.192. The van der Waals surface area contributed by atoms with Crippen molar-refractivity contribution in [2.24, 2.45) is 0 Å². The topological polar surface area (TPSA) is 105 Å². The van der Waals surface area contributed by atoms with Crippen LogP contribution in [0, 0.1) is 6.92 Å². The van der Waals surface area contributed by atoms with E-state index in [2.05, 4.69) is 22.8 Å². The summed E-state index contributed by atoms with van der Waals surface area (Å²) in [6.07, 6.45) is -0.560. The number of carboxylic acid groups (broad SMARTS) is 1. The number of alkyl carbamates (subject to hydrolysis) is 1. The third kappa shape index (κ3) is 4.87. The van der Waals surface area contributed by atoms with Crippen molar-refractivity contribution in [3.63, 3.8) is 0 Å². The number of aryl methyl sites for hydroxylation is 1. The Kier molecular flexibility index (Phi) is 6.40. The van der Waals surface area contributed by atoms with Gasteiger partial charge in [0.05, 0.1) is 5.56 Å². The van der Waals surface area contributed by atoms with Crippen molar-refractivity contribution < 1.29 is 24.2 Å². The van der Waals surface area contributed by atoms with Gasteiger partial charge in [-0.15, -0.1) is 0 Å². The van der Waals surface area contributed by atoms with E-state index in [9.17, 15) is 14.4 Å². The van der Waals surface area contributed by atoms with Gasteiger partial charge < -0.3 is 20.5 Å². The second kappa shape index (κ2) is 9.56. The van der Waals surface area contributed by atoms with Gasteiger partial charge in [0.15, 0.2) is 0 Å². The van der Waals surface area contributed by atoms with Crippen LogP contribution in [0.25, 0.3) is 11.1 Å². The van der Waals surface area contributed by atoms with Crippen LogP contribution in [0.5, 0.6) is 0 Å². The van der Waals surface area contributed by atoms with Gasteiger partial charge in [0.1, 0.15) is 6.61 Å². The lowest BCUT2D eigenvalue weighted by molar-refractivity contribution is -0.116. The summed E-state index contributed by atoms with van der Waals surface area (Å²) in [6.45, 7) is 2.07. The number of hydrogen-bond acceptors (Lipinski definition) is 4. The molecule has 0 spiro atoms. The maximum Gasteiger partial charge on any atom is 0.407 e. The number of benzene rings is 3. The van der Waals surface area contributed by atoms with Crippen LogP contribution in [0.15, 0.2) is 66.7 Å². The second-order valence-corrected chi connectivity index (χ2v) is 7.89. The highest BCUT2D eigenvalue weighted by molar-refractivity contribution is 5.95. The number of amides is 2. The first kappa shape index (κ1) is 22.1. The van der Waals surface area contributed by atoms with E-state index in [1.807, 2.05) is 36.4 Å². The lowest BCUT2D eigenvalue weighted by Crippen LogP contribution is -2.29. The summed E-state index contributed by atoms with van der Waals surface area (Å²) in [5.41, 5.74) is 5.84. The van der Waals surface area contributed by atoms with Crippen molar-refractivity contribution in [2.45, 2.75) is 19.3 Å². The van der Waals surface area contributed by atoms with Gasteiger partial charge >= 0.3 is 12.1 Å². The quantitative estimate of drug-likeness (QED) is 0.496. The number of hydrogen-bond donors (Lipinski definition) is 3. The minimum absolute atomic E-state index is 0.0287. The van der Waals surface area contributed by atoms with Crippen LogP contribution < -0.4 is 10.6 Å². The Morgan fingerprint density at radius 3 is 2.21 bits per heavy atom. The summed E-state index contributed by atoms with van der Waals surface area (Å²) in [5.74, 6) is -1.43. The van der Waals surface area contributed by atoms with Gasteiger partial charge in [-0.2, -0.15) is 0 Å². The summed E-state index contributed by atoms with van der Waals surface area (Å²) < 4.78 is 5.45. The second-order valence-electron chi connectivity index (χ2n) is 7.89. The zero-order valence-electron chi connectivity index (χ0n) is 18.1. The molecule has 0 aromatic heterocycles. The third-order valence-electron chi connectivity index (χ3n) is 5.72. The normalized spacial score (nSPS) is 11.9. The largest absolute Gasteiger partial charge is 0.478 e. The number of fused-ring (bicyclic) bond motifs is 3. The van der Waals surface area contributed by atoms with Crippen LogP contribution >= 0.6 is 0 Å². The van der Waals surface area contributed by atoms with Crippen LogP contribution in [0.4, 0.5) is 10.5 Å². The third-order valence-corrected chi connectivity index (χ3v) is 5.72. The Bertz CT molecular complexity index is 1180. The molecule has 2 amide bonds. The summed E-state index contributed by atoms with van der Waals surface area (Å²) in [5, 5.41) is 14.4. The van der Waals surface area contributed by atoms with E-state index < -0.39 is 12.1 Å². The number of carboxylic acids is 1. The molecule has 0 radical (unpaired) electrons. The first-order valence-corrected chi connectivity index (χ1v) is 10.7. The Morgan fingerprint density at radius 1 is 0.939 bits per heavy atom. The zero-order valence-corrected chi connectivity index (χ0v) is 18.1. The summed E-state index contributed by atoms with van der Waals surface area (Å²) >= 11 is 0. The molecule has 0 fully saturated rings. The number of nitrogens with one attached hydrogen (secondary N) is 2. The molecule has 0 saturated heterocycles. The van der Waals surface area contributed by atoms with Crippen LogP contribution in [-0.2, 0) is 9.53 Å². The standard InChI is InChI=1S/C26H24N2O5/c1-16-10-11-17(25(30)31)14-23(16)28-24(29)12-13-27-26(32)33-15-22-20-8-4-2-6-18(20)19-7-3-5-9-21(19)22/h2-11,14,22H,12-13,15H2,1H3,(H,27,32)(H,28,29)(H,30,31). The van der Waals surface area contributed by atoms with Crippen LogP contribution in [0.1, 0.15) is 39.4 Å². The van der Waals surface area contributed by atoms with E-state index in [0.717, 1.165) is 27.8 Å². The lowest BCUT2D eigenvalue weighted by atomic mass is 9.98. The molecule has 1 aliphatic rings. The molecule has 33 heavy (non-hydrogen) atoms. The fourth-order valence-corrected chi connectivity index (χ4v) is 4.03. The van der Waals surface area contributed by atoms with E-state index in [1.54, 1.807) is 13.0 Å². The maximum atomic E-state index is 12.2. The first-order valence-electron chi connectivity index (χ1n) is 10.7. The van der Waals surface area contributed by atoms with Crippen molar-refractivity contribution in [1.29, 1.82) is 0 Å². The van der Waals surface area contributed by atoms with E-state index >= 15 is 0 Å². The molecule has 7 nitrogen and oxygen atoms in total. The van der Waals surface area contributed by atoms with Crippen molar-refractivity contribution in [1.82, 2.24) is 5.32 Å². The monoisotopic (exact) mass is 444 g/mol. The van der Waals surface area contributed by atoms with E-state index in [-0.39, 0.29) is 37.0 Å². The van der Waals surface area contributed by atoms with Gasteiger partial charge in [-0.05, 0) is 46.9 Å². The van der Waals surface area contributed by atoms with Gasteiger partial charge in [-0.1, -0.05) is 54.6 Å². The molecule has 1 aliphatic carbocycles. The number of anilines is 1.